The Kier molecular flexibility index (Phi) is 5.88. The second kappa shape index (κ2) is 8.53. The molecule has 0 aliphatic rings. The van der Waals surface area contributed by atoms with E-state index in [0.717, 1.165) is 0 Å². The number of carbonyl (C=O) groups excluding carboxylic acids is 2. The fourth-order valence-electron chi connectivity index (χ4n) is 2.93. The molecule has 0 saturated heterocycles. The number of rotatable bonds is 6. The molecule has 0 spiro atoms. The number of hydrogen-bond donors (Lipinski definition) is 3. The summed E-state index contributed by atoms with van der Waals surface area (Å²) in [7, 11) is 1.50. The van der Waals surface area contributed by atoms with Gasteiger partial charge in [0.2, 0.25) is 0 Å². The zero-order valence-corrected chi connectivity index (χ0v) is 15.9. The van der Waals surface area contributed by atoms with Gasteiger partial charge in [-0.2, -0.15) is 0 Å². The summed E-state index contributed by atoms with van der Waals surface area (Å²) in [6.07, 6.45) is 0. The van der Waals surface area contributed by atoms with Crippen LogP contribution in [0, 0.1) is 10.1 Å². The van der Waals surface area contributed by atoms with Crippen molar-refractivity contribution in [1.29, 1.82) is 0 Å². The average Bonchev–Trinajstić information content (AvgIpc) is 2.72. The minimum absolute atomic E-state index is 0.132. The van der Waals surface area contributed by atoms with Crippen LogP contribution in [0.1, 0.15) is 15.9 Å². The molecule has 0 bridgehead atoms. The van der Waals surface area contributed by atoms with Gasteiger partial charge in [-0.25, -0.2) is 0 Å². The van der Waals surface area contributed by atoms with Crippen LogP contribution < -0.4 is 15.8 Å². The molecule has 3 N–H and O–H groups in total. The van der Waals surface area contributed by atoms with Crippen LogP contribution in [-0.4, -0.2) is 40.4 Å². The molecular formula is C20H18N4O6. The standard InChI is InChI=1S/C20H18N4O6/c1-23(13-7-5-12(11-25)6-8-13)20(28)15-9-14-16(21-18(26)10-24(29)30)3-2-4-17(14)22-19(15)27/h2-9,25H,10-11H2,1H3,(H,21,26)(H,22,27). The van der Waals surface area contributed by atoms with Gasteiger partial charge in [-0.15, -0.1) is 0 Å². The average molecular weight is 410 g/mol. The molecular weight excluding hydrogens is 392 g/mol. The van der Waals surface area contributed by atoms with Crippen LogP contribution in [0.3, 0.4) is 0 Å². The second-order valence-electron chi connectivity index (χ2n) is 6.51. The maximum Gasteiger partial charge on any atom is 0.296 e. The summed E-state index contributed by atoms with van der Waals surface area (Å²) in [4.78, 5) is 50.8. The van der Waals surface area contributed by atoms with Crippen LogP contribution in [-0.2, 0) is 11.4 Å². The summed E-state index contributed by atoms with van der Waals surface area (Å²) >= 11 is 0. The number of aliphatic hydroxyl groups is 1. The summed E-state index contributed by atoms with van der Waals surface area (Å²) in [6.45, 7) is -1.04. The van der Waals surface area contributed by atoms with Gasteiger partial charge in [-0.1, -0.05) is 18.2 Å². The van der Waals surface area contributed by atoms with Gasteiger partial charge in [0, 0.05) is 23.0 Å². The van der Waals surface area contributed by atoms with E-state index in [2.05, 4.69) is 10.3 Å². The first-order valence-electron chi connectivity index (χ1n) is 8.85. The number of carbonyl (C=O) groups is 2. The van der Waals surface area contributed by atoms with E-state index in [1.807, 2.05) is 0 Å². The van der Waals surface area contributed by atoms with Gasteiger partial charge >= 0.3 is 0 Å². The number of aliphatic hydroxyl groups excluding tert-OH is 1. The normalized spacial score (nSPS) is 10.6. The Balaban J connectivity index is 1.98. The molecule has 0 aliphatic heterocycles. The van der Waals surface area contributed by atoms with Crippen LogP contribution in [0.15, 0.2) is 53.3 Å². The SMILES string of the molecule is CN(C(=O)c1cc2c(NC(=O)C[N+](=O)[O-])cccc2[nH]c1=O)c1ccc(CO)cc1. The lowest BCUT2D eigenvalue weighted by molar-refractivity contribution is -0.467. The third-order valence-corrected chi connectivity index (χ3v) is 4.48. The molecule has 10 heteroatoms. The second-order valence-corrected chi connectivity index (χ2v) is 6.51. The number of benzene rings is 2. The Morgan fingerprint density at radius 1 is 1.20 bits per heavy atom. The summed E-state index contributed by atoms with van der Waals surface area (Å²) in [5.74, 6) is -1.41. The van der Waals surface area contributed by atoms with E-state index in [4.69, 9.17) is 5.11 Å². The molecule has 30 heavy (non-hydrogen) atoms. The van der Waals surface area contributed by atoms with Crippen molar-refractivity contribution >= 4 is 34.1 Å². The molecule has 3 aromatic rings. The molecule has 1 aromatic heterocycles. The first-order chi connectivity index (χ1) is 14.3. The third-order valence-electron chi connectivity index (χ3n) is 4.48. The highest BCUT2D eigenvalue weighted by atomic mass is 16.6. The number of amides is 2. The number of pyridine rings is 1. The van der Waals surface area contributed by atoms with Gasteiger partial charge in [-0.05, 0) is 35.9 Å². The van der Waals surface area contributed by atoms with Crippen molar-refractivity contribution in [2.24, 2.45) is 0 Å². The van der Waals surface area contributed by atoms with E-state index >= 15 is 0 Å². The predicted octanol–water partition coefficient (Wildman–Crippen LogP) is 1.51. The smallest absolute Gasteiger partial charge is 0.296 e. The molecule has 0 unspecified atom stereocenters. The molecule has 2 aromatic carbocycles. The van der Waals surface area contributed by atoms with Gasteiger partial charge in [0.15, 0.2) is 0 Å². The molecule has 1 heterocycles. The zero-order chi connectivity index (χ0) is 21.8. The van der Waals surface area contributed by atoms with E-state index in [0.29, 0.717) is 22.2 Å². The third kappa shape index (κ3) is 4.33. The number of anilines is 2. The molecule has 0 aliphatic carbocycles. The fourth-order valence-corrected chi connectivity index (χ4v) is 2.93. The van der Waals surface area contributed by atoms with Crippen LogP contribution in [0.25, 0.3) is 10.9 Å². The molecule has 2 amide bonds. The Hall–Kier alpha value is -4.05. The number of aromatic nitrogens is 1. The van der Waals surface area contributed by atoms with Gasteiger partial charge in [0.05, 0.1) is 17.8 Å². The van der Waals surface area contributed by atoms with Crippen LogP contribution in [0.5, 0.6) is 0 Å². The van der Waals surface area contributed by atoms with Gasteiger partial charge < -0.3 is 20.3 Å². The quantitative estimate of drug-likeness (QED) is 0.415. The van der Waals surface area contributed by atoms with Crippen molar-refractivity contribution in [3.63, 3.8) is 0 Å². The van der Waals surface area contributed by atoms with Crippen molar-refractivity contribution in [3.05, 3.63) is 80.1 Å². The van der Waals surface area contributed by atoms with Crippen molar-refractivity contribution < 1.29 is 19.6 Å². The van der Waals surface area contributed by atoms with Crippen molar-refractivity contribution in [2.45, 2.75) is 6.61 Å². The minimum Gasteiger partial charge on any atom is -0.392 e. The maximum absolute atomic E-state index is 12.9. The number of hydrogen-bond acceptors (Lipinski definition) is 6. The van der Waals surface area contributed by atoms with Gasteiger partial charge in [0.25, 0.3) is 23.9 Å². The Labute approximate surface area is 169 Å². The lowest BCUT2D eigenvalue weighted by Gasteiger charge is -2.18. The van der Waals surface area contributed by atoms with E-state index in [1.54, 1.807) is 36.4 Å². The van der Waals surface area contributed by atoms with Crippen LogP contribution in [0.4, 0.5) is 11.4 Å². The number of fused-ring (bicyclic) bond motifs is 1. The molecule has 0 saturated carbocycles. The van der Waals surface area contributed by atoms with Gasteiger partial charge in [0.1, 0.15) is 5.56 Å². The summed E-state index contributed by atoms with van der Waals surface area (Å²) in [6, 6.07) is 12.6. The first-order valence-corrected chi connectivity index (χ1v) is 8.85. The van der Waals surface area contributed by atoms with Gasteiger partial charge in [-0.3, -0.25) is 24.5 Å². The lowest BCUT2D eigenvalue weighted by atomic mass is 10.1. The highest BCUT2D eigenvalue weighted by molar-refractivity contribution is 6.09. The number of nitro groups is 1. The molecule has 154 valence electrons. The summed E-state index contributed by atoms with van der Waals surface area (Å²) in [5, 5.41) is 22.5. The maximum atomic E-state index is 12.9. The van der Waals surface area contributed by atoms with Crippen molar-refractivity contribution in [2.75, 3.05) is 23.8 Å². The van der Waals surface area contributed by atoms with E-state index in [1.165, 1.54) is 24.1 Å². The van der Waals surface area contributed by atoms with Crippen molar-refractivity contribution in [3.8, 4) is 0 Å². The lowest BCUT2D eigenvalue weighted by Crippen LogP contribution is -2.31. The van der Waals surface area contributed by atoms with Crippen LogP contribution in [0.2, 0.25) is 0 Å². The fraction of sp³-hybridized carbons (Fsp3) is 0.150. The Bertz CT molecular complexity index is 1190. The van der Waals surface area contributed by atoms with Crippen molar-refractivity contribution in [1.82, 2.24) is 4.98 Å². The monoisotopic (exact) mass is 410 g/mol. The predicted molar refractivity (Wildman–Crippen MR) is 110 cm³/mol. The summed E-state index contributed by atoms with van der Waals surface area (Å²) in [5.41, 5.74) is 1.03. The Morgan fingerprint density at radius 3 is 2.53 bits per heavy atom. The Morgan fingerprint density at radius 2 is 1.90 bits per heavy atom. The highest BCUT2D eigenvalue weighted by Crippen LogP contribution is 2.23. The summed E-state index contributed by atoms with van der Waals surface area (Å²) < 4.78 is 0. The number of H-pyrrole nitrogens is 1. The van der Waals surface area contributed by atoms with E-state index in [-0.39, 0.29) is 17.9 Å². The largest absolute Gasteiger partial charge is 0.392 e. The van der Waals surface area contributed by atoms with E-state index < -0.39 is 28.8 Å². The molecule has 0 fully saturated rings. The molecule has 3 rings (SSSR count). The topological polar surface area (TPSA) is 146 Å². The highest BCUT2D eigenvalue weighted by Gasteiger charge is 2.19. The number of nitrogens with zero attached hydrogens (tertiary/aromatic N) is 2. The van der Waals surface area contributed by atoms with Crippen LogP contribution >= 0.6 is 0 Å². The number of nitrogens with one attached hydrogen (secondary N) is 2. The molecule has 10 nitrogen and oxygen atoms in total. The molecule has 0 atom stereocenters. The molecule has 0 radical (unpaired) electrons. The minimum atomic E-state index is -0.905. The first kappa shape index (κ1) is 20.7. The van der Waals surface area contributed by atoms with E-state index in [9.17, 15) is 24.5 Å². The number of aromatic amines is 1. The zero-order valence-electron chi connectivity index (χ0n) is 15.9.